The number of hydrogen-bond donors (Lipinski definition) is 4. The van der Waals surface area contributed by atoms with Crippen molar-refractivity contribution in [2.24, 2.45) is 21.6 Å². The van der Waals surface area contributed by atoms with Crippen molar-refractivity contribution in [1.82, 2.24) is 14.9 Å². The Kier molecular flexibility index (Phi) is 8.81. The van der Waals surface area contributed by atoms with Gasteiger partial charge in [0.25, 0.3) is 0 Å². The van der Waals surface area contributed by atoms with Crippen LogP contribution in [0.25, 0.3) is 0 Å². The summed E-state index contributed by atoms with van der Waals surface area (Å²) in [5, 5.41) is 16.8. The molecule has 0 aliphatic heterocycles. The normalized spacial score (nSPS) is 19.5. The van der Waals surface area contributed by atoms with Gasteiger partial charge in [-0.15, -0.1) is 0 Å². The van der Waals surface area contributed by atoms with Gasteiger partial charge in [-0.2, -0.15) is 4.99 Å². The molecule has 1 aromatic heterocycles. The number of anilines is 2. The molecule has 3 rings (SSSR count). The second kappa shape index (κ2) is 11.4. The zero-order valence-electron chi connectivity index (χ0n) is 19.0. The summed E-state index contributed by atoms with van der Waals surface area (Å²) >= 11 is 18.9. The van der Waals surface area contributed by atoms with E-state index < -0.39 is 0 Å². The molecule has 1 amide bonds. The molecule has 1 aliphatic carbocycles. The van der Waals surface area contributed by atoms with Gasteiger partial charge in [0.1, 0.15) is 0 Å². The van der Waals surface area contributed by atoms with Crippen molar-refractivity contribution in [3.05, 3.63) is 32.9 Å². The third kappa shape index (κ3) is 6.02. The van der Waals surface area contributed by atoms with Crippen molar-refractivity contribution < 1.29 is 9.90 Å². The first-order valence-electron chi connectivity index (χ1n) is 10.9. The maximum atomic E-state index is 11.7. The molecule has 1 aliphatic rings. The number of aromatic nitrogens is 2. The van der Waals surface area contributed by atoms with Gasteiger partial charge in [0.05, 0.1) is 28.0 Å². The number of primary amides is 1. The van der Waals surface area contributed by atoms with E-state index >= 15 is 0 Å². The van der Waals surface area contributed by atoms with Gasteiger partial charge in [-0.3, -0.25) is 9.36 Å². The van der Waals surface area contributed by atoms with E-state index in [4.69, 9.17) is 45.5 Å². The molecule has 1 heterocycles. The summed E-state index contributed by atoms with van der Waals surface area (Å²) in [7, 11) is 0. The fourth-order valence-electron chi connectivity index (χ4n) is 3.98. The first-order valence-corrected chi connectivity index (χ1v) is 12.0. The van der Waals surface area contributed by atoms with Gasteiger partial charge in [-0.05, 0) is 58.4 Å². The lowest BCUT2D eigenvalue weighted by molar-refractivity contribution is -0.122. The van der Waals surface area contributed by atoms with Crippen LogP contribution in [-0.2, 0) is 4.79 Å². The number of nitrogens with two attached hydrogens (primary N) is 1. The summed E-state index contributed by atoms with van der Waals surface area (Å²) in [5.74, 6) is 0.874. The molecule has 2 aromatic rings. The zero-order chi connectivity index (χ0) is 25.0. The number of rotatable bonds is 7. The number of guanidine groups is 1. The molecule has 0 bridgehead atoms. The van der Waals surface area contributed by atoms with E-state index in [0.29, 0.717) is 63.9 Å². The van der Waals surface area contributed by atoms with Crippen LogP contribution in [0.2, 0.25) is 15.1 Å². The summed E-state index contributed by atoms with van der Waals surface area (Å²) in [4.78, 5) is 25.0. The second-order valence-electron chi connectivity index (χ2n) is 8.31. The number of halogens is 3. The van der Waals surface area contributed by atoms with E-state index in [1.165, 1.54) is 0 Å². The quantitative estimate of drug-likeness (QED) is 0.304. The number of aliphatic imine (C=N–C) groups is 2. The molecule has 1 fully saturated rings. The van der Waals surface area contributed by atoms with Crippen molar-refractivity contribution in [2.45, 2.75) is 51.6 Å². The molecular weight excluding hydrogens is 501 g/mol. The van der Waals surface area contributed by atoms with Gasteiger partial charge in [-0.1, -0.05) is 34.8 Å². The third-order valence-corrected chi connectivity index (χ3v) is 6.59. The van der Waals surface area contributed by atoms with Crippen molar-refractivity contribution in [2.75, 3.05) is 11.9 Å². The number of nitrogens with one attached hydrogen (secondary N) is 2. The molecular formula is C22H28Cl3N7O2. The van der Waals surface area contributed by atoms with Crippen LogP contribution in [0.3, 0.4) is 0 Å². The molecule has 0 radical (unpaired) electrons. The standard InChI is InChI=1S/C22H28Cl3N7O2/c1-11(10-33)28-21(27-3)31-20-12(2)29-22(30-18-16(24)8-14(23)9-17(18)25)32(20)15-6-4-13(5-7-15)19(26)34/h8-9,11,13,15,33H,3-7,10H2,1-2H3,(H2,26,34)(H,28,31)(H,29,30)/t11-,13-,15+/m0/s1. The number of imidazole rings is 1. The van der Waals surface area contributed by atoms with E-state index in [9.17, 15) is 9.90 Å². The van der Waals surface area contributed by atoms with Crippen LogP contribution >= 0.6 is 34.8 Å². The summed E-state index contributed by atoms with van der Waals surface area (Å²) in [6.45, 7) is 7.12. The zero-order valence-corrected chi connectivity index (χ0v) is 21.3. The summed E-state index contributed by atoms with van der Waals surface area (Å²) < 4.78 is 1.96. The van der Waals surface area contributed by atoms with Crippen LogP contribution in [-0.4, -0.2) is 45.9 Å². The topological polar surface area (TPSA) is 130 Å². The Morgan fingerprint density at radius 1 is 1.29 bits per heavy atom. The Balaban J connectivity index is 2.07. The van der Waals surface area contributed by atoms with Gasteiger partial charge in [0.2, 0.25) is 17.8 Å². The molecule has 0 spiro atoms. The number of carbonyl (C=O) groups excluding carboxylic acids is 1. The fraction of sp³-hybridized carbons (Fsp3) is 0.455. The Morgan fingerprint density at radius 2 is 1.91 bits per heavy atom. The lowest BCUT2D eigenvalue weighted by Gasteiger charge is -2.29. The number of aryl methyl sites for hydroxylation is 1. The van der Waals surface area contributed by atoms with E-state index in [1.54, 1.807) is 19.1 Å². The largest absolute Gasteiger partial charge is 0.394 e. The highest BCUT2D eigenvalue weighted by atomic mass is 35.5. The van der Waals surface area contributed by atoms with Gasteiger partial charge in [0.15, 0.2) is 5.82 Å². The predicted molar refractivity (Wildman–Crippen MR) is 138 cm³/mol. The summed E-state index contributed by atoms with van der Waals surface area (Å²) in [5.41, 5.74) is 6.63. The monoisotopic (exact) mass is 527 g/mol. The van der Waals surface area contributed by atoms with Gasteiger partial charge in [-0.25, -0.2) is 9.98 Å². The Labute approximate surface area is 213 Å². The first-order chi connectivity index (χ1) is 16.1. The van der Waals surface area contributed by atoms with E-state index in [1.807, 2.05) is 11.5 Å². The number of carbonyl (C=O) groups is 1. The van der Waals surface area contributed by atoms with Crippen molar-refractivity contribution in [1.29, 1.82) is 0 Å². The summed E-state index contributed by atoms with van der Waals surface area (Å²) in [6, 6.07) is 2.91. The van der Waals surface area contributed by atoms with Gasteiger partial charge < -0.3 is 21.5 Å². The number of hydrogen-bond acceptors (Lipinski definition) is 5. The SMILES string of the molecule is C=N/C(=N\c1c(C)nc(Nc2c(Cl)cc(Cl)cc2Cl)n1[C@H]1CC[C@@H](C(N)=O)CC1)N[C@@H](C)CO. The van der Waals surface area contributed by atoms with E-state index in [0.717, 1.165) is 0 Å². The molecule has 1 aromatic carbocycles. The Morgan fingerprint density at radius 3 is 2.44 bits per heavy atom. The minimum absolute atomic E-state index is 0.00997. The molecule has 5 N–H and O–H groups in total. The van der Waals surface area contributed by atoms with Crippen LogP contribution < -0.4 is 16.4 Å². The first kappa shape index (κ1) is 26.3. The second-order valence-corrected chi connectivity index (χ2v) is 9.56. The highest BCUT2D eigenvalue weighted by Gasteiger charge is 2.30. The molecule has 1 saturated carbocycles. The van der Waals surface area contributed by atoms with Crippen LogP contribution in [0.1, 0.15) is 44.3 Å². The average molecular weight is 529 g/mol. The van der Waals surface area contributed by atoms with Crippen LogP contribution in [0.5, 0.6) is 0 Å². The van der Waals surface area contributed by atoms with E-state index in [2.05, 4.69) is 27.3 Å². The van der Waals surface area contributed by atoms with Gasteiger partial charge in [0, 0.05) is 23.0 Å². The molecule has 12 heteroatoms. The average Bonchev–Trinajstić information content (AvgIpc) is 3.10. The molecule has 0 saturated heterocycles. The maximum absolute atomic E-state index is 11.7. The highest BCUT2D eigenvalue weighted by molar-refractivity contribution is 6.41. The molecule has 184 valence electrons. The lowest BCUT2D eigenvalue weighted by Crippen LogP contribution is -2.34. The van der Waals surface area contributed by atoms with Crippen molar-refractivity contribution in [3.63, 3.8) is 0 Å². The van der Waals surface area contributed by atoms with Crippen LogP contribution in [0, 0.1) is 12.8 Å². The molecule has 0 unspecified atom stereocenters. The minimum atomic E-state index is -0.281. The Hall–Kier alpha value is -2.33. The predicted octanol–water partition coefficient (Wildman–Crippen LogP) is 4.77. The number of amides is 1. The summed E-state index contributed by atoms with van der Waals surface area (Å²) in [6.07, 6.45) is 2.74. The van der Waals surface area contributed by atoms with Crippen molar-refractivity contribution in [3.8, 4) is 0 Å². The van der Waals surface area contributed by atoms with Crippen LogP contribution in [0.4, 0.5) is 17.5 Å². The maximum Gasteiger partial charge on any atom is 0.224 e. The van der Waals surface area contributed by atoms with Gasteiger partial charge >= 0.3 is 0 Å². The van der Waals surface area contributed by atoms with E-state index in [-0.39, 0.29) is 36.5 Å². The number of aliphatic hydroxyl groups excluding tert-OH is 1. The highest BCUT2D eigenvalue weighted by Crippen LogP contribution is 2.41. The number of benzene rings is 1. The third-order valence-electron chi connectivity index (χ3n) is 5.77. The minimum Gasteiger partial charge on any atom is -0.394 e. The lowest BCUT2D eigenvalue weighted by atomic mass is 9.85. The number of aliphatic hydroxyl groups is 1. The van der Waals surface area contributed by atoms with Crippen molar-refractivity contribution >= 4 is 70.8 Å². The van der Waals surface area contributed by atoms with Crippen LogP contribution in [0.15, 0.2) is 22.1 Å². The molecule has 34 heavy (non-hydrogen) atoms. The number of nitrogens with zero attached hydrogens (tertiary/aromatic N) is 4. The molecule has 9 nitrogen and oxygen atoms in total. The molecule has 1 atom stereocenters. The Bertz CT molecular complexity index is 1070. The fourth-order valence-corrected chi connectivity index (χ4v) is 4.89. The smallest absolute Gasteiger partial charge is 0.224 e.